The summed E-state index contributed by atoms with van der Waals surface area (Å²) in [7, 11) is 3.08. The van der Waals surface area contributed by atoms with Crippen LogP contribution in [0.5, 0.6) is 11.5 Å². The van der Waals surface area contributed by atoms with Crippen molar-refractivity contribution in [3.05, 3.63) is 119 Å². The van der Waals surface area contributed by atoms with E-state index in [1.165, 1.54) is 18.9 Å². The third-order valence-corrected chi connectivity index (χ3v) is 7.48. The number of hydrogen-bond donors (Lipinski definition) is 3. The van der Waals surface area contributed by atoms with Crippen LogP contribution in [-0.2, 0) is 9.59 Å². The Labute approximate surface area is 259 Å². The van der Waals surface area contributed by atoms with Crippen LogP contribution in [-0.4, -0.2) is 37.2 Å². The maximum atomic E-state index is 13.4. The Morgan fingerprint density at radius 1 is 0.837 bits per heavy atom. The van der Waals surface area contributed by atoms with Crippen LogP contribution < -0.4 is 25.4 Å². The Morgan fingerprint density at radius 3 is 2.28 bits per heavy atom. The van der Waals surface area contributed by atoms with Gasteiger partial charge < -0.3 is 25.4 Å². The van der Waals surface area contributed by atoms with Gasteiger partial charge in [0.1, 0.15) is 17.2 Å². The molecule has 8 nitrogen and oxygen atoms in total. The number of carbonyl (C=O) groups is 3. The SMILES string of the molecule is COc1ccc(/C=C(/NC(=O)c2ccccc2)C(=O)Nc2cccc(SC(C)C(=O)Nc3cc(Cl)ccc3OC)c2)cc1. The second-order valence-electron chi connectivity index (χ2n) is 9.23. The molecule has 0 spiro atoms. The molecule has 3 amide bonds. The van der Waals surface area contributed by atoms with E-state index in [1.54, 1.807) is 111 Å². The van der Waals surface area contributed by atoms with Crippen molar-refractivity contribution in [1.82, 2.24) is 5.32 Å². The summed E-state index contributed by atoms with van der Waals surface area (Å²) >= 11 is 7.40. The molecule has 0 heterocycles. The first-order valence-electron chi connectivity index (χ1n) is 13.2. The number of halogens is 1. The smallest absolute Gasteiger partial charge is 0.272 e. The number of carbonyl (C=O) groups excluding carboxylic acids is 3. The highest BCUT2D eigenvalue weighted by Gasteiger charge is 2.18. The number of methoxy groups -OCH3 is 2. The Kier molecular flexibility index (Phi) is 10.9. The van der Waals surface area contributed by atoms with Crippen LogP contribution in [0.3, 0.4) is 0 Å². The summed E-state index contributed by atoms with van der Waals surface area (Å²) in [5.41, 5.74) is 2.13. The van der Waals surface area contributed by atoms with E-state index in [2.05, 4.69) is 16.0 Å². The summed E-state index contributed by atoms with van der Waals surface area (Å²) in [6, 6.07) is 27.8. The zero-order chi connectivity index (χ0) is 30.8. The molecule has 10 heteroatoms. The lowest BCUT2D eigenvalue weighted by Gasteiger charge is -2.15. The molecule has 3 N–H and O–H groups in total. The first kappa shape index (κ1) is 31.2. The minimum absolute atomic E-state index is 0.0558. The van der Waals surface area contributed by atoms with Crippen molar-refractivity contribution in [3.63, 3.8) is 0 Å². The Morgan fingerprint density at radius 2 is 1.58 bits per heavy atom. The van der Waals surface area contributed by atoms with Gasteiger partial charge in [-0.25, -0.2) is 0 Å². The van der Waals surface area contributed by atoms with Gasteiger partial charge in [-0.2, -0.15) is 0 Å². The second kappa shape index (κ2) is 14.9. The third-order valence-electron chi connectivity index (χ3n) is 6.15. The minimum atomic E-state index is -0.513. The molecule has 43 heavy (non-hydrogen) atoms. The van der Waals surface area contributed by atoms with Crippen molar-refractivity contribution < 1.29 is 23.9 Å². The molecule has 4 rings (SSSR count). The predicted molar refractivity (Wildman–Crippen MR) is 172 cm³/mol. The largest absolute Gasteiger partial charge is 0.497 e. The molecule has 0 aliphatic rings. The molecule has 0 aromatic heterocycles. The van der Waals surface area contributed by atoms with Crippen LogP contribution in [0.1, 0.15) is 22.8 Å². The summed E-state index contributed by atoms with van der Waals surface area (Å²) in [6.45, 7) is 1.77. The molecule has 0 aliphatic heterocycles. The van der Waals surface area contributed by atoms with Gasteiger partial charge in [-0.3, -0.25) is 14.4 Å². The quantitative estimate of drug-likeness (QED) is 0.125. The fourth-order valence-corrected chi connectivity index (χ4v) is 5.02. The summed E-state index contributed by atoms with van der Waals surface area (Å²) in [4.78, 5) is 40.0. The second-order valence-corrected chi connectivity index (χ2v) is 11.1. The van der Waals surface area contributed by atoms with Crippen LogP contribution >= 0.6 is 23.4 Å². The average molecular weight is 616 g/mol. The number of anilines is 2. The molecule has 4 aromatic rings. The lowest BCUT2D eigenvalue weighted by Crippen LogP contribution is -2.30. The molecule has 0 radical (unpaired) electrons. The van der Waals surface area contributed by atoms with Crippen molar-refractivity contribution in [1.29, 1.82) is 0 Å². The Bertz CT molecular complexity index is 1630. The topological polar surface area (TPSA) is 106 Å². The van der Waals surface area contributed by atoms with E-state index in [0.717, 1.165) is 4.90 Å². The molecular weight excluding hydrogens is 586 g/mol. The lowest BCUT2D eigenvalue weighted by molar-refractivity contribution is -0.115. The van der Waals surface area contributed by atoms with E-state index < -0.39 is 17.1 Å². The van der Waals surface area contributed by atoms with Gasteiger partial charge in [0.25, 0.3) is 11.8 Å². The molecular formula is C33H30ClN3O5S. The van der Waals surface area contributed by atoms with Gasteiger partial charge in [0.15, 0.2) is 0 Å². The molecule has 0 bridgehead atoms. The van der Waals surface area contributed by atoms with E-state index in [-0.39, 0.29) is 11.6 Å². The average Bonchev–Trinajstić information content (AvgIpc) is 3.01. The minimum Gasteiger partial charge on any atom is -0.497 e. The highest BCUT2D eigenvalue weighted by molar-refractivity contribution is 8.00. The highest BCUT2D eigenvalue weighted by atomic mass is 35.5. The Balaban J connectivity index is 1.48. The molecule has 1 unspecified atom stereocenters. The van der Waals surface area contributed by atoms with E-state index in [4.69, 9.17) is 21.1 Å². The van der Waals surface area contributed by atoms with Crippen LogP contribution in [0, 0.1) is 0 Å². The van der Waals surface area contributed by atoms with Crippen molar-refractivity contribution in [3.8, 4) is 11.5 Å². The predicted octanol–water partition coefficient (Wildman–Crippen LogP) is 6.89. The van der Waals surface area contributed by atoms with Gasteiger partial charge in [-0.15, -0.1) is 11.8 Å². The lowest BCUT2D eigenvalue weighted by atomic mass is 10.1. The number of amides is 3. The maximum Gasteiger partial charge on any atom is 0.272 e. The highest BCUT2D eigenvalue weighted by Crippen LogP contribution is 2.30. The van der Waals surface area contributed by atoms with Crippen LogP contribution in [0.25, 0.3) is 6.08 Å². The van der Waals surface area contributed by atoms with Crippen molar-refractivity contribution >= 4 is 58.5 Å². The number of hydrogen-bond acceptors (Lipinski definition) is 6. The number of ether oxygens (including phenoxy) is 2. The first-order valence-corrected chi connectivity index (χ1v) is 14.5. The van der Waals surface area contributed by atoms with Gasteiger partial charge in [-0.1, -0.05) is 48.0 Å². The number of nitrogens with one attached hydrogen (secondary N) is 3. The molecule has 4 aromatic carbocycles. The van der Waals surface area contributed by atoms with Crippen LogP contribution in [0.2, 0.25) is 5.02 Å². The standard InChI is InChI=1S/C33H30ClN3O5S/c1-21(31(38)36-28-19-24(34)14-17-30(28)42-3)43-27-11-7-10-25(20-27)35-33(40)29(18-22-12-15-26(41-2)16-13-22)37-32(39)23-8-5-4-6-9-23/h4-21H,1-3H3,(H,35,40)(H,36,38)(H,37,39)/b29-18+. The molecule has 0 saturated carbocycles. The van der Waals surface area contributed by atoms with Crippen LogP contribution in [0.4, 0.5) is 11.4 Å². The summed E-state index contributed by atoms with van der Waals surface area (Å²) in [6.07, 6.45) is 1.59. The monoisotopic (exact) mass is 615 g/mol. The van der Waals surface area contributed by atoms with E-state index >= 15 is 0 Å². The summed E-state index contributed by atoms with van der Waals surface area (Å²) < 4.78 is 10.5. The van der Waals surface area contributed by atoms with Gasteiger partial charge in [-0.05, 0) is 79.2 Å². The number of benzene rings is 4. The molecule has 220 valence electrons. The summed E-state index contributed by atoms with van der Waals surface area (Å²) in [5, 5.41) is 8.43. The maximum absolute atomic E-state index is 13.4. The van der Waals surface area contributed by atoms with E-state index in [9.17, 15) is 14.4 Å². The van der Waals surface area contributed by atoms with Crippen molar-refractivity contribution in [2.45, 2.75) is 17.1 Å². The third kappa shape index (κ3) is 8.88. The van der Waals surface area contributed by atoms with Gasteiger partial charge in [0.2, 0.25) is 5.91 Å². The Hall–Kier alpha value is -4.73. The fraction of sp³-hybridized carbons (Fsp3) is 0.121. The van der Waals surface area contributed by atoms with Crippen LogP contribution in [0.15, 0.2) is 108 Å². The van der Waals surface area contributed by atoms with Gasteiger partial charge in [0, 0.05) is 21.2 Å². The fourth-order valence-electron chi connectivity index (χ4n) is 3.92. The molecule has 0 fully saturated rings. The summed E-state index contributed by atoms with van der Waals surface area (Å²) in [5.74, 6) is -0.0108. The van der Waals surface area contributed by atoms with E-state index in [0.29, 0.717) is 39.0 Å². The zero-order valence-corrected chi connectivity index (χ0v) is 25.3. The molecule has 0 aliphatic carbocycles. The molecule has 1 atom stereocenters. The normalized spacial score (nSPS) is 11.7. The first-order chi connectivity index (χ1) is 20.7. The van der Waals surface area contributed by atoms with Gasteiger partial charge >= 0.3 is 0 Å². The van der Waals surface area contributed by atoms with Gasteiger partial charge in [0.05, 0.1) is 25.2 Å². The number of thioether (sulfide) groups is 1. The molecule has 0 saturated heterocycles. The zero-order valence-electron chi connectivity index (χ0n) is 23.7. The van der Waals surface area contributed by atoms with E-state index in [1.807, 2.05) is 6.07 Å². The van der Waals surface area contributed by atoms with Crippen molar-refractivity contribution in [2.24, 2.45) is 0 Å². The van der Waals surface area contributed by atoms with Crippen molar-refractivity contribution in [2.75, 3.05) is 24.9 Å². The number of rotatable bonds is 11.